The van der Waals surface area contributed by atoms with Crippen molar-refractivity contribution in [1.29, 1.82) is 5.26 Å². The molecule has 1 N–H and O–H groups in total. The SMILES string of the molecule is C/C=C/C(O)CC#N. The van der Waals surface area contributed by atoms with E-state index in [9.17, 15) is 0 Å². The summed E-state index contributed by atoms with van der Waals surface area (Å²) in [5.74, 6) is 0. The van der Waals surface area contributed by atoms with Crippen LogP contribution < -0.4 is 0 Å². The predicted octanol–water partition coefficient (Wildman–Crippen LogP) is 0.837. The summed E-state index contributed by atoms with van der Waals surface area (Å²) in [6.45, 7) is 1.81. The maximum absolute atomic E-state index is 8.74. The lowest BCUT2D eigenvalue weighted by atomic mass is 10.2. The zero-order valence-corrected chi connectivity index (χ0v) is 4.83. The highest BCUT2D eigenvalue weighted by molar-refractivity contribution is 4.90. The second kappa shape index (κ2) is 4.35. The second-order valence-corrected chi connectivity index (χ2v) is 1.46. The van der Waals surface area contributed by atoms with Crippen LogP contribution in [0.1, 0.15) is 13.3 Å². The van der Waals surface area contributed by atoms with Crippen molar-refractivity contribution in [3.8, 4) is 6.07 Å². The quantitative estimate of drug-likeness (QED) is 0.536. The molecule has 0 aliphatic heterocycles. The van der Waals surface area contributed by atoms with E-state index < -0.39 is 6.10 Å². The topological polar surface area (TPSA) is 44.0 Å². The summed E-state index contributed by atoms with van der Waals surface area (Å²) < 4.78 is 0. The molecule has 1 atom stereocenters. The van der Waals surface area contributed by atoms with Crippen LogP contribution >= 0.6 is 0 Å². The van der Waals surface area contributed by atoms with Gasteiger partial charge in [-0.05, 0) is 6.92 Å². The Morgan fingerprint density at radius 1 is 1.88 bits per heavy atom. The smallest absolute Gasteiger partial charge is 0.0850 e. The van der Waals surface area contributed by atoms with Crippen molar-refractivity contribution in [1.82, 2.24) is 0 Å². The number of aliphatic hydroxyl groups is 1. The number of rotatable bonds is 2. The van der Waals surface area contributed by atoms with Gasteiger partial charge >= 0.3 is 0 Å². The summed E-state index contributed by atoms with van der Waals surface area (Å²) in [6.07, 6.45) is 2.92. The summed E-state index contributed by atoms with van der Waals surface area (Å²) in [6, 6.07) is 1.85. The summed E-state index contributed by atoms with van der Waals surface area (Å²) >= 11 is 0. The molecular weight excluding hydrogens is 102 g/mol. The van der Waals surface area contributed by atoms with E-state index in [0.717, 1.165) is 0 Å². The van der Waals surface area contributed by atoms with Crippen molar-refractivity contribution < 1.29 is 5.11 Å². The van der Waals surface area contributed by atoms with Crippen molar-refractivity contribution in [2.45, 2.75) is 19.4 Å². The number of nitriles is 1. The lowest BCUT2D eigenvalue weighted by molar-refractivity contribution is 0.228. The van der Waals surface area contributed by atoms with E-state index in [1.165, 1.54) is 0 Å². The van der Waals surface area contributed by atoms with Crippen LogP contribution in [0.2, 0.25) is 0 Å². The minimum Gasteiger partial charge on any atom is -0.388 e. The monoisotopic (exact) mass is 111 g/mol. The summed E-state index contributed by atoms with van der Waals surface area (Å²) in [7, 11) is 0. The van der Waals surface area contributed by atoms with Crippen molar-refractivity contribution in [3.05, 3.63) is 12.2 Å². The largest absolute Gasteiger partial charge is 0.388 e. The van der Waals surface area contributed by atoms with Crippen LogP contribution in [0.15, 0.2) is 12.2 Å². The van der Waals surface area contributed by atoms with E-state index in [-0.39, 0.29) is 6.42 Å². The zero-order valence-electron chi connectivity index (χ0n) is 4.83. The van der Waals surface area contributed by atoms with Gasteiger partial charge in [-0.15, -0.1) is 0 Å². The van der Waals surface area contributed by atoms with Gasteiger partial charge in [0.25, 0.3) is 0 Å². The van der Waals surface area contributed by atoms with Crippen LogP contribution in [0.5, 0.6) is 0 Å². The number of allylic oxidation sites excluding steroid dienone is 1. The zero-order chi connectivity index (χ0) is 6.41. The van der Waals surface area contributed by atoms with Gasteiger partial charge in [0.15, 0.2) is 0 Å². The van der Waals surface area contributed by atoms with Gasteiger partial charge in [-0.25, -0.2) is 0 Å². The first kappa shape index (κ1) is 7.19. The van der Waals surface area contributed by atoms with Gasteiger partial charge < -0.3 is 5.11 Å². The van der Waals surface area contributed by atoms with Gasteiger partial charge in [0.2, 0.25) is 0 Å². The molecule has 0 aromatic heterocycles. The summed E-state index contributed by atoms with van der Waals surface area (Å²) in [4.78, 5) is 0. The third kappa shape index (κ3) is 3.38. The van der Waals surface area contributed by atoms with Gasteiger partial charge in [0, 0.05) is 0 Å². The molecule has 0 bridgehead atoms. The average Bonchev–Trinajstić information content (AvgIpc) is 1.68. The fourth-order valence-corrected chi connectivity index (χ4v) is 0.384. The molecule has 8 heavy (non-hydrogen) atoms. The van der Waals surface area contributed by atoms with Crippen molar-refractivity contribution in [2.75, 3.05) is 0 Å². The second-order valence-electron chi connectivity index (χ2n) is 1.46. The number of hydrogen-bond acceptors (Lipinski definition) is 2. The van der Waals surface area contributed by atoms with Crippen molar-refractivity contribution in [3.63, 3.8) is 0 Å². The molecule has 2 heteroatoms. The number of hydrogen-bond donors (Lipinski definition) is 1. The normalized spacial score (nSPS) is 13.6. The highest BCUT2D eigenvalue weighted by Gasteiger charge is 1.92. The molecule has 0 spiro atoms. The molecule has 0 aromatic carbocycles. The molecule has 0 aliphatic carbocycles. The van der Waals surface area contributed by atoms with E-state index in [0.29, 0.717) is 0 Å². The molecule has 2 nitrogen and oxygen atoms in total. The van der Waals surface area contributed by atoms with Crippen LogP contribution in [0.25, 0.3) is 0 Å². The summed E-state index contributed by atoms with van der Waals surface area (Å²) in [5.41, 5.74) is 0. The molecule has 0 rings (SSSR count). The van der Waals surface area contributed by atoms with Crippen LogP contribution in [0.3, 0.4) is 0 Å². The molecule has 0 saturated carbocycles. The van der Waals surface area contributed by atoms with Gasteiger partial charge in [-0.1, -0.05) is 12.2 Å². The molecule has 0 radical (unpaired) electrons. The Morgan fingerprint density at radius 3 is 2.88 bits per heavy atom. The van der Waals surface area contributed by atoms with Crippen LogP contribution in [0, 0.1) is 11.3 Å². The first-order valence-corrected chi connectivity index (χ1v) is 2.49. The third-order valence-electron chi connectivity index (χ3n) is 0.715. The van der Waals surface area contributed by atoms with E-state index in [1.807, 2.05) is 6.07 Å². The molecule has 0 saturated heterocycles. The van der Waals surface area contributed by atoms with E-state index in [1.54, 1.807) is 19.1 Å². The Morgan fingerprint density at radius 2 is 2.50 bits per heavy atom. The van der Waals surface area contributed by atoms with Gasteiger partial charge in [-0.2, -0.15) is 5.26 Å². The third-order valence-corrected chi connectivity index (χ3v) is 0.715. The first-order chi connectivity index (χ1) is 3.81. The molecule has 0 fully saturated rings. The van der Waals surface area contributed by atoms with E-state index >= 15 is 0 Å². The standard InChI is InChI=1S/C6H9NO/c1-2-3-6(8)4-5-7/h2-3,6,8H,4H2,1H3/b3-2+. The van der Waals surface area contributed by atoms with Crippen LogP contribution in [-0.2, 0) is 0 Å². The van der Waals surface area contributed by atoms with Gasteiger partial charge in [-0.3, -0.25) is 0 Å². The Hall–Kier alpha value is -0.810. The minimum absolute atomic E-state index is 0.185. The molecule has 44 valence electrons. The molecule has 0 heterocycles. The van der Waals surface area contributed by atoms with Gasteiger partial charge in [0.1, 0.15) is 0 Å². The van der Waals surface area contributed by atoms with E-state index in [2.05, 4.69) is 0 Å². The van der Waals surface area contributed by atoms with E-state index in [4.69, 9.17) is 10.4 Å². The molecule has 0 aromatic rings. The van der Waals surface area contributed by atoms with Gasteiger partial charge in [0.05, 0.1) is 18.6 Å². The Bertz CT molecular complexity index is 112. The maximum Gasteiger partial charge on any atom is 0.0850 e. The number of aliphatic hydroxyl groups excluding tert-OH is 1. The Labute approximate surface area is 49.1 Å². The lowest BCUT2D eigenvalue weighted by Crippen LogP contribution is -1.98. The minimum atomic E-state index is -0.579. The van der Waals surface area contributed by atoms with Crippen molar-refractivity contribution >= 4 is 0 Å². The fourth-order valence-electron chi connectivity index (χ4n) is 0.384. The summed E-state index contributed by atoms with van der Waals surface area (Å²) in [5, 5.41) is 16.8. The highest BCUT2D eigenvalue weighted by atomic mass is 16.3. The molecule has 0 aliphatic rings. The Kier molecular flexibility index (Phi) is 3.91. The average molecular weight is 111 g/mol. The molecular formula is C6H9NO. The van der Waals surface area contributed by atoms with Crippen molar-refractivity contribution in [2.24, 2.45) is 0 Å². The van der Waals surface area contributed by atoms with Crippen LogP contribution in [-0.4, -0.2) is 11.2 Å². The maximum atomic E-state index is 8.74. The first-order valence-electron chi connectivity index (χ1n) is 2.49. The predicted molar refractivity (Wildman–Crippen MR) is 31.1 cm³/mol. The van der Waals surface area contributed by atoms with Crippen LogP contribution in [0.4, 0.5) is 0 Å². The molecule has 0 amide bonds. The highest BCUT2D eigenvalue weighted by Crippen LogP contribution is 1.89. The fraction of sp³-hybridized carbons (Fsp3) is 0.500. The number of nitrogens with zero attached hydrogens (tertiary/aromatic N) is 1. The lowest BCUT2D eigenvalue weighted by Gasteiger charge is -1.93. The molecule has 1 unspecified atom stereocenters. The Balaban J connectivity index is 3.36.